The number of nitrogens with one attached hydrogen (secondary N) is 1. The lowest BCUT2D eigenvalue weighted by atomic mass is 10.1. The second kappa shape index (κ2) is 10.2. The van der Waals surface area contributed by atoms with Crippen molar-refractivity contribution in [1.29, 1.82) is 0 Å². The van der Waals surface area contributed by atoms with Crippen molar-refractivity contribution < 1.29 is 9.53 Å². The Balaban J connectivity index is 1.48. The molecule has 0 aliphatic rings. The first-order valence-corrected chi connectivity index (χ1v) is 15.8. The largest absolute Gasteiger partial charge is 0.360 e. The van der Waals surface area contributed by atoms with Gasteiger partial charge < -0.3 is 10.1 Å². The molecule has 4 aromatic rings. The monoisotopic (exact) mass is 539 g/mol. The van der Waals surface area contributed by atoms with Crippen LogP contribution in [0.25, 0.3) is 10.9 Å². The van der Waals surface area contributed by atoms with Crippen LogP contribution in [0.3, 0.4) is 0 Å². The van der Waals surface area contributed by atoms with Crippen molar-refractivity contribution in [3.05, 3.63) is 76.2 Å². The fraction of sp³-hybridized carbons (Fsp3) is 0.320. The summed E-state index contributed by atoms with van der Waals surface area (Å²) in [7, 11) is -1.17. The third-order valence-electron chi connectivity index (χ3n) is 5.46. The minimum atomic E-state index is -1.17. The van der Waals surface area contributed by atoms with E-state index in [0.717, 1.165) is 27.0 Å². The van der Waals surface area contributed by atoms with Gasteiger partial charge in [0.2, 0.25) is 0 Å². The van der Waals surface area contributed by atoms with Crippen LogP contribution in [0.4, 0.5) is 5.69 Å². The zero-order chi connectivity index (χ0) is 24.3. The highest BCUT2D eigenvalue weighted by molar-refractivity contribution is 9.10. The van der Waals surface area contributed by atoms with E-state index in [-0.39, 0.29) is 5.91 Å². The fourth-order valence-electron chi connectivity index (χ4n) is 3.64. The van der Waals surface area contributed by atoms with Crippen molar-refractivity contribution in [2.24, 2.45) is 0 Å². The quantitative estimate of drug-likeness (QED) is 0.211. The molecule has 34 heavy (non-hydrogen) atoms. The van der Waals surface area contributed by atoms with E-state index in [9.17, 15) is 4.79 Å². The number of aromatic nitrogens is 4. The number of halogens is 1. The number of aryl methyl sites for hydroxylation is 1. The Morgan fingerprint density at radius 1 is 1.18 bits per heavy atom. The number of hydrogen-bond donors (Lipinski definition) is 1. The Kier molecular flexibility index (Phi) is 7.35. The first-order valence-electron chi connectivity index (χ1n) is 11.3. The number of anilines is 1. The predicted octanol–water partition coefficient (Wildman–Crippen LogP) is 5.92. The lowest BCUT2D eigenvalue weighted by Crippen LogP contribution is -2.22. The van der Waals surface area contributed by atoms with Crippen molar-refractivity contribution in [2.45, 2.75) is 45.9 Å². The number of carbonyl (C=O) groups excluding carboxylic acids is 1. The number of carbonyl (C=O) groups is 1. The minimum Gasteiger partial charge on any atom is -0.360 e. The van der Waals surface area contributed by atoms with Gasteiger partial charge in [-0.15, -0.1) is 0 Å². The molecule has 2 aromatic heterocycles. The number of rotatable bonds is 9. The Hall–Kier alpha value is -2.75. The van der Waals surface area contributed by atoms with Crippen LogP contribution in [0.1, 0.15) is 21.6 Å². The van der Waals surface area contributed by atoms with Gasteiger partial charge in [0, 0.05) is 30.7 Å². The van der Waals surface area contributed by atoms with E-state index < -0.39 is 8.07 Å². The van der Waals surface area contributed by atoms with Gasteiger partial charge in [-0.1, -0.05) is 65.4 Å². The van der Waals surface area contributed by atoms with Crippen LogP contribution in [0.5, 0.6) is 0 Å². The number of benzene rings is 2. The summed E-state index contributed by atoms with van der Waals surface area (Å²) in [5, 5.41) is 12.7. The smallest absolute Gasteiger partial charge is 0.276 e. The Morgan fingerprint density at radius 3 is 2.76 bits per heavy atom. The first-order chi connectivity index (χ1) is 16.2. The molecule has 4 rings (SSSR count). The number of ether oxygens (including phenoxy) is 1. The Bertz CT molecular complexity index is 1310. The molecule has 2 heterocycles. The molecule has 0 saturated carbocycles. The SMILES string of the molecule is Cc1cccc(Cn2cc(NC(=O)c3nn(COCC[Si](C)(C)C)c4cc(Br)ccc34)cn2)c1. The fourth-order valence-corrected chi connectivity index (χ4v) is 4.75. The van der Waals surface area contributed by atoms with E-state index in [2.05, 4.69) is 76.2 Å². The van der Waals surface area contributed by atoms with Crippen molar-refractivity contribution in [3.63, 3.8) is 0 Å². The minimum absolute atomic E-state index is 0.275. The summed E-state index contributed by atoms with van der Waals surface area (Å²) in [6, 6.07) is 15.1. The van der Waals surface area contributed by atoms with E-state index in [1.54, 1.807) is 10.9 Å². The summed E-state index contributed by atoms with van der Waals surface area (Å²) in [6.07, 6.45) is 3.48. The molecule has 178 valence electrons. The summed E-state index contributed by atoms with van der Waals surface area (Å²) in [6.45, 7) is 10.7. The summed E-state index contributed by atoms with van der Waals surface area (Å²) >= 11 is 3.52. The third-order valence-corrected chi connectivity index (χ3v) is 7.65. The summed E-state index contributed by atoms with van der Waals surface area (Å²) < 4.78 is 10.4. The van der Waals surface area contributed by atoms with Crippen LogP contribution < -0.4 is 5.32 Å². The molecule has 0 spiro atoms. The van der Waals surface area contributed by atoms with E-state index in [4.69, 9.17) is 4.74 Å². The van der Waals surface area contributed by atoms with Crippen molar-refractivity contribution in [3.8, 4) is 0 Å². The molecule has 0 fully saturated rings. The molecule has 1 amide bonds. The predicted molar refractivity (Wildman–Crippen MR) is 142 cm³/mol. The molecule has 0 unspecified atom stereocenters. The second-order valence-corrected chi connectivity index (χ2v) is 16.3. The molecule has 0 saturated heterocycles. The van der Waals surface area contributed by atoms with Crippen LogP contribution >= 0.6 is 15.9 Å². The zero-order valence-electron chi connectivity index (χ0n) is 20.0. The molecule has 1 N–H and O–H groups in total. The van der Waals surface area contributed by atoms with Gasteiger partial charge in [-0.2, -0.15) is 10.2 Å². The molecular formula is C25H30BrN5O2Si. The average molecular weight is 541 g/mol. The molecule has 0 aliphatic carbocycles. The summed E-state index contributed by atoms with van der Waals surface area (Å²) in [5.74, 6) is -0.275. The van der Waals surface area contributed by atoms with E-state index in [1.807, 2.05) is 35.1 Å². The zero-order valence-corrected chi connectivity index (χ0v) is 22.6. The highest BCUT2D eigenvalue weighted by atomic mass is 79.9. The van der Waals surface area contributed by atoms with Gasteiger partial charge in [-0.3, -0.25) is 9.48 Å². The number of hydrogen-bond acceptors (Lipinski definition) is 4. The van der Waals surface area contributed by atoms with Crippen LogP contribution in [0, 0.1) is 6.92 Å². The Labute approximate surface area is 209 Å². The van der Waals surface area contributed by atoms with Crippen LogP contribution in [-0.4, -0.2) is 40.1 Å². The standard InChI is InChI=1S/C25H30BrN5O2Si/c1-18-6-5-7-19(12-18)15-30-16-21(14-27-30)28-25(32)24-22-9-8-20(26)13-23(22)31(29-24)17-33-10-11-34(2,3)4/h5-9,12-14,16H,10-11,15,17H2,1-4H3,(H,28,32). The maximum atomic E-state index is 13.1. The van der Waals surface area contributed by atoms with E-state index in [0.29, 0.717) is 31.3 Å². The molecular weight excluding hydrogens is 510 g/mol. The molecule has 0 radical (unpaired) electrons. The molecule has 0 atom stereocenters. The van der Waals surface area contributed by atoms with Crippen LogP contribution in [0.2, 0.25) is 25.7 Å². The highest BCUT2D eigenvalue weighted by Crippen LogP contribution is 2.24. The van der Waals surface area contributed by atoms with Gasteiger partial charge in [0.15, 0.2) is 5.69 Å². The number of fused-ring (bicyclic) bond motifs is 1. The van der Waals surface area contributed by atoms with Gasteiger partial charge >= 0.3 is 0 Å². The molecule has 0 aliphatic heterocycles. The normalized spacial score (nSPS) is 11.8. The van der Waals surface area contributed by atoms with Gasteiger partial charge in [-0.05, 0) is 36.7 Å². The molecule has 2 aromatic carbocycles. The van der Waals surface area contributed by atoms with Crippen molar-refractivity contribution in [2.75, 3.05) is 11.9 Å². The van der Waals surface area contributed by atoms with E-state index in [1.165, 1.54) is 5.56 Å². The maximum absolute atomic E-state index is 13.1. The van der Waals surface area contributed by atoms with Gasteiger partial charge in [0.05, 0.1) is 23.9 Å². The van der Waals surface area contributed by atoms with Crippen LogP contribution in [-0.2, 0) is 18.0 Å². The summed E-state index contributed by atoms with van der Waals surface area (Å²) in [4.78, 5) is 13.1. The van der Waals surface area contributed by atoms with Crippen molar-refractivity contribution in [1.82, 2.24) is 19.6 Å². The second-order valence-electron chi connectivity index (χ2n) is 9.73. The third kappa shape index (κ3) is 6.22. The maximum Gasteiger partial charge on any atom is 0.276 e. The Morgan fingerprint density at radius 2 is 2.00 bits per heavy atom. The highest BCUT2D eigenvalue weighted by Gasteiger charge is 2.19. The van der Waals surface area contributed by atoms with Crippen molar-refractivity contribution >= 4 is 46.5 Å². The molecule has 7 nitrogen and oxygen atoms in total. The lowest BCUT2D eigenvalue weighted by Gasteiger charge is -2.15. The average Bonchev–Trinajstić information content (AvgIpc) is 3.34. The summed E-state index contributed by atoms with van der Waals surface area (Å²) in [5.41, 5.74) is 4.21. The lowest BCUT2D eigenvalue weighted by molar-refractivity contribution is 0.0809. The van der Waals surface area contributed by atoms with E-state index >= 15 is 0 Å². The number of nitrogens with zero attached hydrogens (tertiary/aromatic N) is 4. The first kappa shape index (κ1) is 24.4. The molecule has 9 heteroatoms. The van der Waals surface area contributed by atoms with Gasteiger partial charge in [0.25, 0.3) is 5.91 Å². The molecule has 0 bridgehead atoms. The topological polar surface area (TPSA) is 74.0 Å². The van der Waals surface area contributed by atoms with Crippen LogP contribution in [0.15, 0.2) is 59.3 Å². The van der Waals surface area contributed by atoms with Gasteiger partial charge in [0.1, 0.15) is 6.73 Å². The van der Waals surface area contributed by atoms with Gasteiger partial charge in [-0.25, -0.2) is 4.68 Å². The number of amides is 1.